The van der Waals surface area contributed by atoms with E-state index in [1.807, 2.05) is 76.2 Å². The van der Waals surface area contributed by atoms with Gasteiger partial charge in [-0.05, 0) is 113 Å². The zero-order valence-corrected chi connectivity index (χ0v) is 27.9. The predicted molar refractivity (Wildman–Crippen MR) is 200 cm³/mol. The molecule has 0 N–H and O–H groups in total. The molecule has 0 radical (unpaired) electrons. The van der Waals surface area contributed by atoms with Crippen molar-refractivity contribution in [1.82, 2.24) is 24.5 Å². The quantitative estimate of drug-likeness (QED) is 0.173. The summed E-state index contributed by atoms with van der Waals surface area (Å²) in [6, 6.07) is 48.4. The normalized spacial score (nSPS) is 11.3. The topological polar surface area (TPSA) is 63.0 Å². The van der Waals surface area contributed by atoms with E-state index in [1.54, 1.807) is 0 Å². The number of nitrogens with zero attached hydrogens (tertiary/aromatic N) is 7. The third kappa shape index (κ3) is 5.65. The third-order valence-electron chi connectivity index (χ3n) is 8.63. The van der Waals surface area contributed by atoms with Gasteiger partial charge in [0.2, 0.25) is 11.9 Å². The molecule has 49 heavy (non-hydrogen) atoms. The first-order chi connectivity index (χ1) is 23.9. The molecule has 0 aliphatic carbocycles. The van der Waals surface area contributed by atoms with Gasteiger partial charge in [0.05, 0.1) is 11.0 Å². The summed E-state index contributed by atoms with van der Waals surface area (Å²) in [5.41, 5.74) is 10.9. The molecule has 8 aromatic rings. The highest BCUT2D eigenvalue weighted by Gasteiger charge is 2.22. The fourth-order valence-electron chi connectivity index (χ4n) is 6.66. The average Bonchev–Trinajstić information content (AvgIpc) is 3.42. The highest BCUT2D eigenvalue weighted by Crippen LogP contribution is 2.41. The van der Waals surface area contributed by atoms with E-state index in [2.05, 4.69) is 105 Å². The lowest BCUT2D eigenvalue weighted by molar-refractivity contribution is 1.01. The van der Waals surface area contributed by atoms with Crippen LogP contribution in [-0.2, 0) is 0 Å². The molecule has 3 heterocycles. The van der Waals surface area contributed by atoms with E-state index >= 15 is 0 Å². The maximum absolute atomic E-state index is 4.89. The van der Waals surface area contributed by atoms with Crippen LogP contribution in [0.15, 0.2) is 140 Å². The van der Waals surface area contributed by atoms with Crippen LogP contribution in [0, 0.1) is 27.7 Å². The van der Waals surface area contributed by atoms with Gasteiger partial charge >= 0.3 is 0 Å². The molecule has 5 aromatic carbocycles. The first-order valence-electron chi connectivity index (χ1n) is 16.4. The number of para-hydroxylation sites is 3. The van der Waals surface area contributed by atoms with E-state index in [1.165, 1.54) is 0 Å². The fourth-order valence-corrected chi connectivity index (χ4v) is 6.66. The highest BCUT2D eigenvalue weighted by atomic mass is 15.3. The molecular formula is C42H35N7. The van der Waals surface area contributed by atoms with Crippen LogP contribution < -0.4 is 9.80 Å². The summed E-state index contributed by atoms with van der Waals surface area (Å²) in [6.45, 7) is 8.05. The molecule has 238 valence electrons. The van der Waals surface area contributed by atoms with Crippen LogP contribution in [0.25, 0.3) is 27.5 Å². The van der Waals surface area contributed by atoms with E-state index in [0.29, 0.717) is 11.9 Å². The minimum Gasteiger partial charge on any atom is -0.309 e. The van der Waals surface area contributed by atoms with Gasteiger partial charge in [-0.3, -0.25) is 9.80 Å². The van der Waals surface area contributed by atoms with Gasteiger partial charge in [0.1, 0.15) is 0 Å². The van der Waals surface area contributed by atoms with Crippen LogP contribution in [0.3, 0.4) is 0 Å². The largest absolute Gasteiger partial charge is 0.309 e. The fraction of sp³-hybridized carbons (Fsp3) is 0.0952. The van der Waals surface area contributed by atoms with Crippen LogP contribution in [0.2, 0.25) is 0 Å². The minimum absolute atomic E-state index is 0.637. The van der Waals surface area contributed by atoms with Crippen LogP contribution in [0.1, 0.15) is 22.8 Å². The Morgan fingerprint density at radius 2 is 0.755 bits per heavy atom. The summed E-state index contributed by atoms with van der Waals surface area (Å²) < 4.78 is 2.33. The number of aromatic nitrogens is 5. The van der Waals surface area contributed by atoms with Gasteiger partial charge in [0.15, 0.2) is 0 Å². The first kappa shape index (κ1) is 30.0. The second-order valence-electron chi connectivity index (χ2n) is 12.3. The molecule has 0 saturated carbocycles. The van der Waals surface area contributed by atoms with Crippen molar-refractivity contribution in [3.63, 3.8) is 0 Å². The molecule has 0 atom stereocenters. The van der Waals surface area contributed by atoms with Gasteiger partial charge in [-0.2, -0.15) is 0 Å². The standard InChI is InChI=1S/C42H35N7/c1-28-24-29(2)44-41(43-28)47(32-14-8-5-9-15-32)35-20-22-39-37(26-35)38-27-36(21-23-40(38)49(39)34-18-12-7-13-19-34)48(33-16-10-6-11-17-33)42-45-30(3)25-31(4)46-42/h5-27H,1-4H3. The lowest BCUT2D eigenvalue weighted by atomic mass is 10.1. The number of aryl methyl sites for hydroxylation is 4. The van der Waals surface area contributed by atoms with Crippen molar-refractivity contribution in [3.8, 4) is 5.69 Å². The zero-order chi connectivity index (χ0) is 33.5. The van der Waals surface area contributed by atoms with Crippen molar-refractivity contribution in [1.29, 1.82) is 0 Å². The lowest BCUT2D eigenvalue weighted by Gasteiger charge is -2.24. The molecule has 3 aromatic heterocycles. The number of hydrogen-bond donors (Lipinski definition) is 0. The second kappa shape index (κ2) is 12.4. The van der Waals surface area contributed by atoms with Crippen molar-refractivity contribution in [3.05, 3.63) is 162 Å². The smallest absolute Gasteiger partial charge is 0.235 e. The first-order valence-corrected chi connectivity index (χ1v) is 16.4. The average molecular weight is 638 g/mol. The molecule has 8 rings (SSSR count). The number of hydrogen-bond acceptors (Lipinski definition) is 6. The summed E-state index contributed by atoms with van der Waals surface area (Å²) >= 11 is 0. The molecule has 0 bridgehead atoms. The van der Waals surface area contributed by atoms with E-state index in [4.69, 9.17) is 19.9 Å². The molecule has 0 spiro atoms. The Morgan fingerprint density at radius 3 is 1.14 bits per heavy atom. The molecule has 0 fully saturated rings. The summed E-state index contributed by atoms with van der Waals surface area (Å²) in [7, 11) is 0. The van der Waals surface area contributed by atoms with Crippen molar-refractivity contribution in [2.75, 3.05) is 9.80 Å². The maximum Gasteiger partial charge on any atom is 0.235 e. The summed E-state index contributed by atoms with van der Waals surface area (Å²) in [4.78, 5) is 23.8. The Labute approximate surface area is 285 Å². The van der Waals surface area contributed by atoms with Gasteiger partial charge in [0, 0.05) is 62.0 Å². The van der Waals surface area contributed by atoms with Gasteiger partial charge < -0.3 is 4.57 Å². The van der Waals surface area contributed by atoms with E-state index in [9.17, 15) is 0 Å². The van der Waals surface area contributed by atoms with Gasteiger partial charge in [-0.25, -0.2) is 19.9 Å². The Balaban J connectivity index is 1.40. The third-order valence-corrected chi connectivity index (χ3v) is 8.63. The minimum atomic E-state index is 0.637. The Kier molecular flexibility index (Phi) is 7.57. The van der Waals surface area contributed by atoms with E-state index in [-0.39, 0.29) is 0 Å². The SMILES string of the molecule is Cc1cc(C)nc(N(c2ccccc2)c2ccc3c(c2)c2cc(N(c4ccccc4)c4nc(C)cc(C)n4)ccc2n3-c2ccccc2)n1. The molecule has 0 amide bonds. The van der Waals surface area contributed by atoms with Crippen LogP contribution in [0.5, 0.6) is 0 Å². The predicted octanol–water partition coefficient (Wildman–Crippen LogP) is 10.5. The number of anilines is 6. The highest BCUT2D eigenvalue weighted by molar-refractivity contribution is 6.12. The lowest BCUT2D eigenvalue weighted by Crippen LogP contribution is -2.14. The molecule has 0 saturated heterocycles. The van der Waals surface area contributed by atoms with E-state index in [0.717, 1.165) is 73.0 Å². The van der Waals surface area contributed by atoms with Crippen LogP contribution in [0.4, 0.5) is 34.6 Å². The van der Waals surface area contributed by atoms with Crippen molar-refractivity contribution < 1.29 is 0 Å². The number of fused-ring (bicyclic) bond motifs is 3. The summed E-state index contributed by atoms with van der Waals surface area (Å²) in [5, 5.41) is 2.22. The summed E-state index contributed by atoms with van der Waals surface area (Å²) in [6.07, 6.45) is 0. The van der Waals surface area contributed by atoms with Gasteiger partial charge in [-0.15, -0.1) is 0 Å². The van der Waals surface area contributed by atoms with Crippen molar-refractivity contribution in [2.24, 2.45) is 0 Å². The van der Waals surface area contributed by atoms with Crippen molar-refractivity contribution >= 4 is 56.5 Å². The zero-order valence-electron chi connectivity index (χ0n) is 27.9. The second-order valence-corrected chi connectivity index (χ2v) is 12.3. The van der Waals surface area contributed by atoms with Crippen LogP contribution >= 0.6 is 0 Å². The van der Waals surface area contributed by atoms with Gasteiger partial charge in [-0.1, -0.05) is 54.6 Å². The van der Waals surface area contributed by atoms with Gasteiger partial charge in [0.25, 0.3) is 0 Å². The summed E-state index contributed by atoms with van der Waals surface area (Å²) in [5.74, 6) is 1.27. The number of rotatable bonds is 7. The monoisotopic (exact) mass is 637 g/mol. The van der Waals surface area contributed by atoms with E-state index < -0.39 is 0 Å². The molecular weight excluding hydrogens is 603 g/mol. The molecule has 0 aliphatic rings. The molecule has 7 heteroatoms. The Bertz CT molecular complexity index is 2250. The molecule has 7 nitrogen and oxygen atoms in total. The molecule has 0 unspecified atom stereocenters. The molecule has 0 aliphatic heterocycles. The maximum atomic E-state index is 4.89. The van der Waals surface area contributed by atoms with Crippen LogP contribution in [-0.4, -0.2) is 24.5 Å². The van der Waals surface area contributed by atoms with Crippen molar-refractivity contribution in [2.45, 2.75) is 27.7 Å². The number of benzene rings is 5. The Morgan fingerprint density at radius 1 is 0.388 bits per heavy atom. The Hall–Kier alpha value is -6.34.